The summed E-state index contributed by atoms with van der Waals surface area (Å²) in [5.74, 6) is 1.17. The van der Waals surface area contributed by atoms with E-state index in [1.165, 1.54) is 19.3 Å². The molecule has 5 rings (SSSR count). The molecule has 4 atom stereocenters. The number of amides is 1. The van der Waals surface area contributed by atoms with Crippen molar-refractivity contribution in [1.82, 2.24) is 10.4 Å². The first kappa shape index (κ1) is 23.8. The van der Waals surface area contributed by atoms with Gasteiger partial charge in [0.1, 0.15) is 5.71 Å². The Hall–Kier alpha value is -1.39. The molecule has 2 fully saturated rings. The molecule has 0 aromatic heterocycles. The molecule has 0 bridgehead atoms. The molecule has 2 aromatic carbocycles. The first-order valence-corrected chi connectivity index (χ1v) is 11.6. The van der Waals surface area contributed by atoms with Crippen LogP contribution in [-0.4, -0.2) is 29.7 Å². The molecular formula is C24H25Cl2N4OW-. The summed E-state index contributed by atoms with van der Waals surface area (Å²) in [6.07, 6.45) is 3.85. The normalized spacial score (nSPS) is 27.1. The Kier molecular flexibility index (Phi) is 7.31. The summed E-state index contributed by atoms with van der Waals surface area (Å²) in [7, 11) is 0. The van der Waals surface area contributed by atoms with Gasteiger partial charge in [0.05, 0.1) is 16.8 Å². The predicted octanol–water partition coefficient (Wildman–Crippen LogP) is 5.11. The fraction of sp³-hybridized carbons (Fsp3) is 0.417. The number of hydrogen-bond donors (Lipinski definition) is 1. The number of carbonyl (C=O) groups excluding carboxylic acids is 1. The molecule has 3 aliphatic rings. The number of hydrogen-bond acceptors (Lipinski definition) is 4. The van der Waals surface area contributed by atoms with Crippen molar-refractivity contribution < 1.29 is 25.9 Å². The van der Waals surface area contributed by atoms with Gasteiger partial charge in [0.25, 0.3) is 5.91 Å². The van der Waals surface area contributed by atoms with Crippen molar-refractivity contribution in [3.8, 4) is 0 Å². The molecule has 32 heavy (non-hydrogen) atoms. The molecule has 168 valence electrons. The van der Waals surface area contributed by atoms with E-state index in [-0.39, 0.29) is 38.9 Å². The number of carbonyl (C=O) groups is 1. The number of fused-ring (bicyclic) bond motifs is 1. The molecule has 2 aromatic rings. The molecule has 0 radical (unpaired) electrons. The maximum absolute atomic E-state index is 13.3. The van der Waals surface area contributed by atoms with Crippen molar-refractivity contribution in [2.75, 3.05) is 18.1 Å². The predicted molar refractivity (Wildman–Crippen MR) is 124 cm³/mol. The van der Waals surface area contributed by atoms with Gasteiger partial charge in [0, 0.05) is 45.1 Å². The van der Waals surface area contributed by atoms with E-state index in [0.717, 1.165) is 24.3 Å². The average molecular weight is 640 g/mol. The third-order valence-electron chi connectivity index (χ3n) is 6.84. The molecular weight excluding hydrogens is 615 g/mol. The van der Waals surface area contributed by atoms with E-state index in [2.05, 4.69) is 16.5 Å². The molecule has 2 aliphatic heterocycles. The van der Waals surface area contributed by atoms with Crippen LogP contribution in [0.3, 0.4) is 0 Å². The van der Waals surface area contributed by atoms with Gasteiger partial charge in [-0.3, -0.25) is 15.2 Å². The quantitative estimate of drug-likeness (QED) is 0.474. The summed E-state index contributed by atoms with van der Waals surface area (Å²) < 4.78 is 0. The average Bonchev–Trinajstić information content (AvgIpc) is 3.42. The molecule has 1 saturated carbocycles. The molecule has 1 N–H and O–H groups in total. The van der Waals surface area contributed by atoms with Crippen LogP contribution in [0.1, 0.15) is 37.8 Å². The van der Waals surface area contributed by atoms with Gasteiger partial charge in [-0.2, -0.15) is 35.4 Å². The van der Waals surface area contributed by atoms with E-state index in [1.54, 1.807) is 12.1 Å². The molecule has 2 heterocycles. The van der Waals surface area contributed by atoms with Crippen LogP contribution in [0.4, 0.5) is 5.69 Å². The monoisotopic (exact) mass is 639 g/mol. The molecule has 5 nitrogen and oxygen atoms in total. The fourth-order valence-electron chi connectivity index (χ4n) is 5.31. The summed E-state index contributed by atoms with van der Waals surface area (Å²) in [6, 6.07) is 16.0. The van der Waals surface area contributed by atoms with Crippen LogP contribution in [0.2, 0.25) is 10.0 Å². The van der Waals surface area contributed by atoms with Crippen LogP contribution < -0.4 is 10.4 Å². The van der Waals surface area contributed by atoms with Gasteiger partial charge in [0.2, 0.25) is 0 Å². The number of hydrazone groups is 1. The van der Waals surface area contributed by atoms with Crippen molar-refractivity contribution in [1.29, 1.82) is 0 Å². The molecule has 0 spiro atoms. The van der Waals surface area contributed by atoms with Crippen LogP contribution in [0, 0.1) is 23.8 Å². The second-order valence-electron chi connectivity index (χ2n) is 8.79. The van der Waals surface area contributed by atoms with Crippen molar-refractivity contribution >= 4 is 40.5 Å². The van der Waals surface area contributed by atoms with Crippen molar-refractivity contribution in [3.05, 3.63) is 64.1 Å². The second-order valence-corrected chi connectivity index (χ2v) is 9.63. The summed E-state index contributed by atoms with van der Waals surface area (Å²) in [6.45, 7) is 3.91. The zero-order valence-electron chi connectivity index (χ0n) is 17.8. The Morgan fingerprint density at radius 2 is 1.81 bits per heavy atom. The van der Waals surface area contributed by atoms with Crippen LogP contribution >= 0.6 is 23.2 Å². The van der Waals surface area contributed by atoms with Gasteiger partial charge >= 0.3 is 0 Å². The number of anilines is 1. The summed E-state index contributed by atoms with van der Waals surface area (Å²) in [5, 5.41) is 9.78. The van der Waals surface area contributed by atoms with E-state index < -0.39 is 0 Å². The SMILES string of the molecule is CC1C(C(=O)NN2CC3CCCC3C2)=NN(c2ccc(Cl)cc2Cl)C1c1cc[c-]cc1.[W]. The van der Waals surface area contributed by atoms with E-state index in [0.29, 0.717) is 27.6 Å². The maximum atomic E-state index is 13.3. The van der Waals surface area contributed by atoms with Gasteiger partial charge < -0.3 is 0 Å². The third-order valence-corrected chi connectivity index (χ3v) is 7.38. The number of rotatable bonds is 4. The number of halogens is 2. The van der Waals surface area contributed by atoms with Crippen LogP contribution in [0.25, 0.3) is 0 Å². The Bertz CT molecular complexity index is 1010. The largest absolute Gasteiger partial charge is 0.284 e. The minimum Gasteiger partial charge on any atom is -0.284 e. The smallest absolute Gasteiger partial charge is 0.282 e. The van der Waals surface area contributed by atoms with E-state index in [1.807, 2.05) is 42.3 Å². The molecule has 1 amide bonds. The van der Waals surface area contributed by atoms with Crippen LogP contribution in [0.5, 0.6) is 0 Å². The van der Waals surface area contributed by atoms with Crippen molar-refractivity contribution in [3.63, 3.8) is 0 Å². The van der Waals surface area contributed by atoms with Gasteiger partial charge in [0.15, 0.2) is 0 Å². The fourth-order valence-corrected chi connectivity index (χ4v) is 5.80. The minimum atomic E-state index is -0.146. The first-order chi connectivity index (χ1) is 15.0. The Balaban J connectivity index is 0.00000245. The number of nitrogens with zero attached hydrogens (tertiary/aromatic N) is 3. The molecule has 4 unspecified atom stereocenters. The van der Waals surface area contributed by atoms with Gasteiger partial charge in [-0.15, -0.1) is 5.56 Å². The number of benzene rings is 2. The Labute approximate surface area is 213 Å². The van der Waals surface area contributed by atoms with E-state index in [4.69, 9.17) is 28.3 Å². The topological polar surface area (TPSA) is 47.9 Å². The van der Waals surface area contributed by atoms with Crippen LogP contribution in [-0.2, 0) is 25.9 Å². The molecule has 1 saturated heterocycles. The zero-order valence-corrected chi connectivity index (χ0v) is 22.2. The van der Waals surface area contributed by atoms with Crippen LogP contribution in [0.15, 0.2) is 47.6 Å². The maximum Gasteiger partial charge on any atom is 0.282 e. The summed E-state index contributed by atoms with van der Waals surface area (Å²) in [4.78, 5) is 13.3. The first-order valence-electron chi connectivity index (χ1n) is 10.9. The zero-order chi connectivity index (χ0) is 21.5. The molecule has 8 heteroatoms. The Morgan fingerprint density at radius 1 is 1.12 bits per heavy atom. The second kappa shape index (κ2) is 9.85. The van der Waals surface area contributed by atoms with Gasteiger partial charge in [-0.25, -0.2) is 5.01 Å². The summed E-state index contributed by atoms with van der Waals surface area (Å²) >= 11 is 12.6. The number of nitrogens with one attached hydrogen (secondary N) is 1. The Morgan fingerprint density at radius 3 is 2.47 bits per heavy atom. The minimum absolute atomic E-state index is 0. The summed E-state index contributed by atoms with van der Waals surface area (Å²) in [5.41, 5.74) is 5.42. The van der Waals surface area contributed by atoms with Gasteiger partial charge in [-0.05, 0) is 42.9 Å². The van der Waals surface area contributed by atoms with Crippen molar-refractivity contribution in [2.45, 2.75) is 32.2 Å². The number of hydrazine groups is 1. The van der Waals surface area contributed by atoms with Gasteiger partial charge in [-0.1, -0.05) is 36.5 Å². The third kappa shape index (κ3) is 4.50. The standard InChI is InChI=1S/C24H25Cl2N4O.W/c1-15-22(24(31)28-29-13-17-8-5-9-18(17)14-29)27-30(21-11-10-19(25)12-20(21)26)23(15)16-6-3-2-4-7-16;/h3-4,6-7,10-12,15,17-18,23H,5,8-9,13-14H2,1H3,(H,28,31);/q-1;. The van der Waals surface area contributed by atoms with E-state index in [9.17, 15) is 4.79 Å². The van der Waals surface area contributed by atoms with E-state index >= 15 is 0 Å². The van der Waals surface area contributed by atoms with Crippen molar-refractivity contribution in [2.24, 2.45) is 22.9 Å². The molecule has 1 aliphatic carbocycles.